The molecule has 1 N–H and O–H groups in total. The summed E-state index contributed by atoms with van der Waals surface area (Å²) in [7, 11) is 0. The van der Waals surface area contributed by atoms with Gasteiger partial charge in [-0.25, -0.2) is 14.4 Å². The summed E-state index contributed by atoms with van der Waals surface area (Å²) in [5, 5.41) is 3.72. The van der Waals surface area contributed by atoms with E-state index in [4.69, 9.17) is 16.6 Å². The van der Waals surface area contributed by atoms with Crippen molar-refractivity contribution in [2.24, 2.45) is 5.92 Å². The molecule has 0 atom stereocenters. The number of carbonyl (C=O) groups is 1. The molecule has 1 fully saturated rings. The Kier molecular flexibility index (Phi) is 5.44. The van der Waals surface area contributed by atoms with Gasteiger partial charge in [-0.1, -0.05) is 18.5 Å². The maximum atomic E-state index is 13.4. The zero-order valence-electron chi connectivity index (χ0n) is 16.6. The van der Waals surface area contributed by atoms with Crippen molar-refractivity contribution in [1.82, 2.24) is 9.97 Å². The number of fused-ring (bicyclic) bond motifs is 1. The van der Waals surface area contributed by atoms with Crippen LogP contribution in [-0.4, -0.2) is 29.0 Å². The summed E-state index contributed by atoms with van der Waals surface area (Å²) in [6, 6.07) is 4.13. The number of thiophene rings is 1. The Morgan fingerprint density at radius 2 is 2.00 bits per heavy atom. The zero-order valence-corrected chi connectivity index (χ0v) is 18.1. The van der Waals surface area contributed by atoms with Crippen molar-refractivity contribution in [3.05, 3.63) is 45.3 Å². The van der Waals surface area contributed by atoms with Crippen molar-refractivity contribution in [3.63, 3.8) is 0 Å². The van der Waals surface area contributed by atoms with Crippen molar-refractivity contribution in [2.75, 3.05) is 23.3 Å². The number of hydrogen-bond donors (Lipinski definition) is 1. The van der Waals surface area contributed by atoms with Crippen molar-refractivity contribution in [1.29, 1.82) is 0 Å². The summed E-state index contributed by atoms with van der Waals surface area (Å²) < 4.78 is 13.4. The molecule has 8 heteroatoms. The number of halogens is 2. The third kappa shape index (κ3) is 3.94. The minimum atomic E-state index is -0.519. The van der Waals surface area contributed by atoms with Gasteiger partial charge in [0.15, 0.2) is 0 Å². The Labute approximate surface area is 177 Å². The van der Waals surface area contributed by atoms with Crippen LogP contribution in [0.2, 0.25) is 5.02 Å². The smallest absolute Gasteiger partial charge is 0.266 e. The largest absolute Gasteiger partial charge is 0.356 e. The lowest BCUT2D eigenvalue weighted by atomic mass is 9.99. The van der Waals surface area contributed by atoms with Crippen LogP contribution in [0.25, 0.3) is 10.2 Å². The van der Waals surface area contributed by atoms with Gasteiger partial charge in [0, 0.05) is 18.8 Å². The molecule has 0 saturated carbocycles. The molecule has 0 bridgehead atoms. The molecule has 0 unspecified atom stereocenters. The molecule has 3 heterocycles. The highest BCUT2D eigenvalue weighted by atomic mass is 35.5. The van der Waals surface area contributed by atoms with Gasteiger partial charge in [-0.3, -0.25) is 4.79 Å². The van der Waals surface area contributed by atoms with E-state index in [-0.39, 0.29) is 10.9 Å². The number of aryl methyl sites for hydroxylation is 2. The van der Waals surface area contributed by atoms with Crippen molar-refractivity contribution < 1.29 is 9.18 Å². The number of aromatic nitrogens is 2. The first kappa shape index (κ1) is 20.0. The molecule has 1 aliphatic rings. The van der Waals surface area contributed by atoms with E-state index < -0.39 is 5.82 Å². The standard InChI is InChI=1S/C21H22ClFN4OS/c1-11-6-8-27(9-7-11)19-17-12(2)18(29-21(17)25-13(3)24-19)20(28)26-14-4-5-16(23)15(22)10-14/h4-5,10-11H,6-9H2,1-3H3,(H,26,28). The lowest BCUT2D eigenvalue weighted by molar-refractivity contribution is 0.103. The maximum absolute atomic E-state index is 13.4. The van der Waals surface area contributed by atoms with Gasteiger partial charge in [0.2, 0.25) is 0 Å². The molecular weight excluding hydrogens is 411 g/mol. The molecular formula is C21H22ClFN4OS. The first-order valence-electron chi connectivity index (χ1n) is 9.62. The van der Waals surface area contributed by atoms with Crippen LogP contribution in [0.15, 0.2) is 18.2 Å². The van der Waals surface area contributed by atoms with Gasteiger partial charge >= 0.3 is 0 Å². The van der Waals surface area contributed by atoms with Crippen LogP contribution in [0.4, 0.5) is 15.9 Å². The molecule has 3 aromatic rings. The number of rotatable bonds is 3. The molecule has 2 aromatic heterocycles. The third-order valence-corrected chi connectivity index (χ3v) is 6.82. The van der Waals surface area contributed by atoms with E-state index in [2.05, 4.69) is 22.1 Å². The molecule has 0 aliphatic carbocycles. The van der Waals surface area contributed by atoms with Gasteiger partial charge < -0.3 is 10.2 Å². The summed E-state index contributed by atoms with van der Waals surface area (Å²) in [4.78, 5) is 25.9. The van der Waals surface area contributed by atoms with E-state index >= 15 is 0 Å². The van der Waals surface area contributed by atoms with Crippen LogP contribution >= 0.6 is 22.9 Å². The average Bonchev–Trinajstić information content (AvgIpc) is 3.01. The van der Waals surface area contributed by atoms with Gasteiger partial charge in [0.05, 0.1) is 15.3 Å². The molecule has 1 aliphatic heterocycles. The van der Waals surface area contributed by atoms with Crippen LogP contribution in [0.3, 0.4) is 0 Å². The van der Waals surface area contributed by atoms with Crippen LogP contribution in [-0.2, 0) is 0 Å². The Morgan fingerprint density at radius 3 is 2.69 bits per heavy atom. The van der Waals surface area contributed by atoms with Crippen LogP contribution in [0.5, 0.6) is 0 Å². The summed E-state index contributed by atoms with van der Waals surface area (Å²) in [5.74, 6) is 1.55. The van der Waals surface area contributed by atoms with Crippen molar-refractivity contribution in [2.45, 2.75) is 33.6 Å². The highest BCUT2D eigenvalue weighted by Crippen LogP contribution is 2.37. The Morgan fingerprint density at radius 1 is 1.28 bits per heavy atom. The van der Waals surface area contributed by atoms with Crippen molar-refractivity contribution >= 4 is 50.6 Å². The molecule has 1 amide bonds. The Bertz CT molecular complexity index is 1090. The summed E-state index contributed by atoms with van der Waals surface area (Å²) >= 11 is 7.18. The monoisotopic (exact) mass is 432 g/mol. The van der Waals surface area contributed by atoms with E-state index in [0.717, 1.165) is 53.4 Å². The summed E-state index contributed by atoms with van der Waals surface area (Å²) in [5.41, 5.74) is 1.31. The molecule has 1 aromatic carbocycles. The number of amides is 1. The second-order valence-electron chi connectivity index (χ2n) is 7.58. The highest BCUT2D eigenvalue weighted by molar-refractivity contribution is 7.20. The van der Waals surface area contributed by atoms with Gasteiger partial charge in [-0.05, 0) is 56.4 Å². The van der Waals surface area contributed by atoms with Gasteiger partial charge in [0.25, 0.3) is 5.91 Å². The average molecular weight is 433 g/mol. The summed E-state index contributed by atoms with van der Waals surface area (Å²) in [6.07, 6.45) is 2.26. The van der Waals surface area contributed by atoms with Gasteiger partial charge in [-0.15, -0.1) is 11.3 Å². The molecule has 4 rings (SSSR count). The molecule has 5 nitrogen and oxygen atoms in total. The topological polar surface area (TPSA) is 58.1 Å². The van der Waals surface area contributed by atoms with E-state index in [1.807, 2.05) is 13.8 Å². The van der Waals surface area contributed by atoms with E-state index in [0.29, 0.717) is 16.4 Å². The van der Waals surface area contributed by atoms with Gasteiger partial charge in [-0.2, -0.15) is 0 Å². The van der Waals surface area contributed by atoms with E-state index in [9.17, 15) is 9.18 Å². The molecule has 0 spiro atoms. The fourth-order valence-corrected chi connectivity index (χ4v) is 4.95. The predicted molar refractivity (Wildman–Crippen MR) is 117 cm³/mol. The van der Waals surface area contributed by atoms with Crippen LogP contribution in [0, 0.1) is 25.6 Å². The van der Waals surface area contributed by atoms with Crippen LogP contribution in [0.1, 0.15) is 40.8 Å². The minimum absolute atomic E-state index is 0.0287. The number of nitrogens with one attached hydrogen (secondary N) is 1. The lowest BCUT2D eigenvalue weighted by Gasteiger charge is -2.31. The fraction of sp³-hybridized carbons (Fsp3) is 0.381. The highest BCUT2D eigenvalue weighted by Gasteiger charge is 2.25. The number of benzene rings is 1. The van der Waals surface area contributed by atoms with E-state index in [1.54, 1.807) is 0 Å². The second-order valence-corrected chi connectivity index (χ2v) is 8.99. The van der Waals surface area contributed by atoms with E-state index in [1.165, 1.54) is 29.5 Å². The number of anilines is 2. The maximum Gasteiger partial charge on any atom is 0.266 e. The molecule has 1 saturated heterocycles. The molecule has 29 heavy (non-hydrogen) atoms. The lowest BCUT2D eigenvalue weighted by Crippen LogP contribution is -2.33. The number of hydrogen-bond acceptors (Lipinski definition) is 5. The first-order chi connectivity index (χ1) is 13.8. The van der Waals surface area contributed by atoms with Crippen LogP contribution < -0.4 is 10.2 Å². The fourth-order valence-electron chi connectivity index (χ4n) is 3.65. The van der Waals surface area contributed by atoms with Crippen molar-refractivity contribution in [3.8, 4) is 0 Å². The first-order valence-corrected chi connectivity index (χ1v) is 10.8. The quantitative estimate of drug-likeness (QED) is 0.586. The van der Waals surface area contributed by atoms with Gasteiger partial charge in [0.1, 0.15) is 22.3 Å². The summed E-state index contributed by atoms with van der Waals surface area (Å²) in [6.45, 7) is 8.00. The number of piperidine rings is 1. The number of nitrogens with zero attached hydrogens (tertiary/aromatic N) is 3. The zero-order chi connectivity index (χ0) is 20.7. The third-order valence-electron chi connectivity index (χ3n) is 5.35. The number of carbonyl (C=O) groups excluding carboxylic acids is 1. The predicted octanol–water partition coefficient (Wildman–Crippen LogP) is 5.59. The second kappa shape index (κ2) is 7.88. The SMILES string of the molecule is Cc1nc(N2CCC(C)CC2)c2c(C)c(C(=O)Nc3ccc(F)c(Cl)c3)sc2n1. The Balaban J connectivity index is 1.70. The minimum Gasteiger partial charge on any atom is -0.356 e. The molecule has 0 radical (unpaired) electrons. The normalized spacial score (nSPS) is 15.1. The Hall–Kier alpha value is -2.25. The molecule has 152 valence electrons.